The molecule has 11 heteroatoms. The van der Waals surface area contributed by atoms with E-state index in [0.29, 0.717) is 26.9 Å². The van der Waals surface area contributed by atoms with Crippen LogP contribution in [-0.4, -0.2) is 41.9 Å². The Hall–Kier alpha value is -3.63. The van der Waals surface area contributed by atoms with Gasteiger partial charge < -0.3 is 10.4 Å². The number of carbonyl (C=O) groups is 2. The molecule has 0 saturated heterocycles. The van der Waals surface area contributed by atoms with Gasteiger partial charge in [-0.15, -0.1) is 16.8 Å². The van der Waals surface area contributed by atoms with Crippen molar-refractivity contribution in [2.75, 3.05) is 11.1 Å². The number of para-hydroxylation sites is 1. The zero-order valence-corrected chi connectivity index (χ0v) is 18.1. The number of carboxylic acids is 1. The molecule has 2 N–H and O–H groups in total. The topological polar surface area (TPSA) is 119 Å². The summed E-state index contributed by atoms with van der Waals surface area (Å²) in [5.74, 6) is -1.36. The van der Waals surface area contributed by atoms with E-state index in [0.717, 1.165) is 11.8 Å². The van der Waals surface area contributed by atoms with Crippen LogP contribution in [0.25, 0.3) is 16.7 Å². The highest BCUT2D eigenvalue weighted by atomic mass is 35.5. The monoisotopic (exact) mass is 469 g/mol. The summed E-state index contributed by atoms with van der Waals surface area (Å²) >= 11 is 7.04. The quantitative estimate of drug-likeness (QED) is 0.315. The van der Waals surface area contributed by atoms with Crippen molar-refractivity contribution in [3.05, 3.63) is 76.1 Å². The van der Waals surface area contributed by atoms with Gasteiger partial charge >= 0.3 is 5.97 Å². The Labute approximate surface area is 190 Å². The summed E-state index contributed by atoms with van der Waals surface area (Å²) in [7, 11) is 0. The number of nitrogens with zero attached hydrogens (tertiary/aromatic N) is 4. The molecule has 0 saturated carbocycles. The van der Waals surface area contributed by atoms with Crippen molar-refractivity contribution in [3.63, 3.8) is 0 Å². The van der Waals surface area contributed by atoms with Crippen LogP contribution >= 0.6 is 23.4 Å². The Kier molecular flexibility index (Phi) is 5.97. The van der Waals surface area contributed by atoms with Crippen LogP contribution in [0.4, 0.5) is 5.69 Å². The largest absolute Gasteiger partial charge is 0.478 e. The summed E-state index contributed by atoms with van der Waals surface area (Å²) in [6.07, 6.45) is 1.59. The lowest BCUT2D eigenvalue weighted by molar-refractivity contribution is -0.113. The van der Waals surface area contributed by atoms with Gasteiger partial charge in [0.2, 0.25) is 11.7 Å². The van der Waals surface area contributed by atoms with Crippen LogP contribution in [0.15, 0.2) is 65.1 Å². The Morgan fingerprint density at radius 3 is 2.75 bits per heavy atom. The minimum absolute atomic E-state index is 0.0682. The van der Waals surface area contributed by atoms with E-state index >= 15 is 0 Å². The molecular weight excluding hydrogens is 454 g/mol. The first-order chi connectivity index (χ1) is 15.4. The number of hydrogen-bond donors (Lipinski definition) is 2. The van der Waals surface area contributed by atoms with E-state index in [1.165, 1.54) is 22.8 Å². The number of thioether (sulfide) groups is 1. The molecule has 4 aromatic rings. The minimum Gasteiger partial charge on any atom is -0.478 e. The number of nitrogens with one attached hydrogen (secondary N) is 1. The Balaban J connectivity index is 1.66. The number of aromatic carboxylic acids is 1. The summed E-state index contributed by atoms with van der Waals surface area (Å²) in [6.45, 7) is 3.94. The van der Waals surface area contributed by atoms with Gasteiger partial charge in [-0.1, -0.05) is 41.6 Å². The van der Waals surface area contributed by atoms with Crippen LogP contribution in [0.2, 0.25) is 5.02 Å². The number of fused-ring (bicyclic) bond motifs is 3. The van der Waals surface area contributed by atoms with Gasteiger partial charge in [0.05, 0.1) is 27.9 Å². The van der Waals surface area contributed by atoms with Crippen molar-refractivity contribution in [2.45, 2.75) is 11.7 Å². The molecule has 162 valence electrons. The van der Waals surface area contributed by atoms with Gasteiger partial charge in [0.25, 0.3) is 5.56 Å². The van der Waals surface area contributed by atoms with Gasteiger partial charge in [-0.25, -0.2) is 4.79 Å². The zero-order valence-electron chi connectivity index (χ0n) is 16.5. The number of benzene rings is 2. The van der Waals surface area contributed by atoms with Crippen molar-refractivity contribution in [2.24, 2.45) is 0 Å². The van der Waals surface area contributed by atoms with Crippen molar-refractivity contribution >= 4 is 57.6 Å². The Morgan fingerprint density at radius 1 is 1.22 bits per heavy atom. The van der Waals surface area contributed by atoms with Crippen LogP contribution in [-0.2, 0) is 11.3 Å². The Morgan fingerprint density at radius 2 is 2.00 bits per heavy atom. The SMILES string of the molecule is C=CCn1c(=O)c2ccccc2n2c(SCC(=O)Nc3cc(Cl)ccc3C(=O)O)nnc12. The van der Waals surface area contributed by atoms with E-state index in [1.54, 1.807) is 34.7 Å². The maximum absolute atomic E-state index is 12.8. The first kappa shape index (κ1) is 21.6. The number of halogens is 1. The molecule has 2 aromatic heterocycles. The lowest BCUT2D eigenvalue weighted by Crippen LogP contribution is -2.23. The molecule has 0 aliphatic rings. The summed E-state index contributed by atoms with van der Waals surface area (Å²) in [6, 6.07) is 11.2. The first-order valence-corrected chi connectivity index (χ1v) is 10.7. The molecule has 9 nitrogen and oxygen atoms in total. The van der Waals surface area contributed by atoms with Crippen molar-refractivity contribution < 1.29 is 14.7 Å². The predicted molar refractivity (Wildman–Crippen MR) is 123 cm³/mol. The molecule has 2 heterocycles. The minimum atomic E-state index is -1.18. The average Bonchev–Trinajstić information content (AvgIpc) is 3.19. The fourth-order valence-corrected chi connectivity index (χ4v) is 4.16. The number of amides is 1. The van der Waals surface area contributed by atoms with Gasteiger partial charge in [-0.3, -0.25) is 18.6 Å². The third-order valence-corrected chi connectivity index (χ3v) is 5.77. The van der Waals surface area contributed by atoms with Gasteiger partial charge in [0, 0.05) is 11.6 Å². The fraction of sp³-hybridized carbons (Fsp3) is 0.0952. The van der Waals surface area contributed by atoms with Gasteiger partial charge in [-0.2, -0.15) is 0 Å². The van der Waals surface area contributed by atoms with Gasteiger partial charge in [0.15, 0.2) is 5.16 Å². The molecule has 0 bridgehead atoms. The van der Waals surface area contributed by atoms with Crippen LogP contribution in [0.5, 0.6) is 0 Å². The number of carbonyl (C=O) groups excluding carboxylic acids is 1. The molecule has 0 unspecified atom stereocenters. The number of hydrogen-bond acceptors (Lipinski definition) is 6. The molecule has 1 amide bonds. The highest BCUT2D eigenvalue weighted by molar-refractivity contribution is 7.99. The van der Waals surface area contributed by atoms with Gasteiger partial charge in [0.1, 0.15) is 0 Å². The predicted octanol–water partition coefficient (Wildman–Crippen LogP) is 3.31. The molecule has 0 fully saturated rings. The average molecular weight is 470 g/mol. The van der Waals surface area contributed by atoms with Crippen molar-refractivity contribution in [1.29, 1.82) is 0 Å². The van der Waals surface area contributed by atoms with Crippen molar-refractivity contribution in [1.82, 2.24) is 19.2 Å². The number of rotatable bonds is 7. The molecule has 2 aromatic carbocycles. The second kappa shape index (κ2) is 8.85. The molecule has 0 spiro atoms. The zero-order chi connectivity index (χ0) is 22.8. The second-order valence-electron chi connectivity index (χ2n) is 6.67. The molecule has 0 aliphatic heterocycles. The summed E-state index contributed by atoms with van der Waals surface area (Å²) in [5, 5.41) is 21.4. The number of aromatic nitrogens is 4. The molecule has 0 radical (unpaired) electrons. The number of anilines is 1. The van der Waals surface area contributed by atoms with E-state index in [9.17, 15) is 19.5 Å². The van der Waals surface area contributed by atoms with Crippen LogP contribution in [0.3, 0.4) is 0 Å². The van der Waals surface area contributed by atoms with E-state index in [-0.39, 0.29) is 29.1 Å². The van der Waals surface area contributed by atoms with Crippen LogP contribution in [0, 0.1) is 0 Å². The first-order valence-electron chi connectivity index (χ1n) is 9.33. The number of allylic oxidation sites excluding steroid dienone is 1. The maximum Gasteiger partial charge on any atom is 0.337 e. The van der Waals surface area contributed by atoms with E-state index in [4.69, 9.17) is 11.6 Å². The molecule has 32 heavy (non-hydrogen) atoms. The maximum atomic E-state index is 12.8. The van der Waals surface area contributed by atoms with E-state index in [1.807, 2.05) is 0 Å². The molecule has 4 rings (SSSR count). The molecule has 0 atom stereocenters. The van der Waals surface area contributed by atoms with Crippen molar-refractivity contribution in [3.8, 4) is 0 Å². The Bertz CT molecular complexity index is 1450. The molecular formula is C21H16ClN5O4S. The van der Waals surface area contributed by atoms with Crippen LogP contribution < -0.4 is 10.9 Å². The summed E-state index contributed by atoms with van der Waals surface area (Å²) in [5.41, 5.74) is 0.438. The highest BCUT2D eigenvalue weighted by Crippen LogP contribution is 2.24. The second-order valence-corrected chi connectivity index (χ2v) is 8.05. The van der Waals surface area contributed by atoms with Crippen LogP contribution in [0.1, 0.15) is 10.4 Å². The lowest BCUT2D eigenvalue weighted by atomic mass is 10.2. The highest BCUT2D eigenvalue weighted by Gasteiger charge is 2.18. The normalized spacial score (nSPS) is 11.0. The summed E-state index contributed by atoms with van der Waals surface area (Å²) in [4.78, 5) is 36.7. The summed E-state index contributed by atoms with van der Waals surface area (Å²) < 4.78 is 3.16. The van der Waals surface area contributed by atoms with E-state index < -0.39 is 11.9 Å². The van der Waals surface area contributed by atoms with Gasteiger partial charge in [-0.05, 0) is 30.3 Å². The smallest absolute Gasteiger partial charge is 0.337 e. The third kappa shape index (κ3) is 3.97. The fourth-order valence-electron chi connectivity index (χ4n) is 3.24. The van der Waals surface area contributed by atoms with E-state index in [2.05, 4.69) is 22.1 Å². The number of carboxylic acid groups (broad SMARTS) is 1. The molecule has 0 aliphatic carbocycles. The third-order valence-electron chi connectivity index (χ3n) is 4.61. The lowest BCUT2D eigenvalue weighted by Gasteiger charge is -2.10. The standard InChI is InChI=1S/C21H16ClN5O4S/c1-2-9-26-18(29)14-5-3-4-6-16(14)27-20(26)24-25-21(27)32-11-17(28)23-15-10-12(22)7-8-13(15)19(30)31/h2-8,10H,1,9,11H2,(H,23,28)(H,30,31).